The Kier molecular flexibility index (Phi) is 4.18. The molecule has 2 heterocycles. The minimum absolute atomic E-state index is 0.0363. The van der Waals surface area contributed by atoms with E-state index in [0.717, 1.165) is 27.7 Å². The van der Waals surface area contributed by atoms with E-state index >= 15 is 0 Å². The van der Waals surface area contributed by atoms with E-state index < -0.39 is 6.04 Å². The van der Waals surface area contributed by atoms with Crippen LogP contribution in [0.3, 0.4) is 0 Å². The summed E-state index contributed by atoms with van der Waals surface area (Å²) in [6, 6.07) is 13.1. The van der Waals surface area contributed by atoms with E-state index in [2.05, 4.69) is 23.4 Å². The van der Waals surface area contributed by atoms with Crippen molar-refractivity contribution in [2.24, 2.45) is 7.05 Å². The third-order valence-corrected chi connectivity index (χ3v) is 5.22. The maximum absolute atomic E-state index is 12.7. The van der Waals surface area contributed by atoms with Crippen molar-refractivity contribution in [3.8, 4) is 11.3 Å². The molecule has 1 fully saturated rings. The number of likely N-dealkylation sites (tertiary alicyclic amines) is 1. The van der Waals surface area contributed by atoms with Gasteiger partial charge in [0, 0.05) is 37.2 Å². The van der Waals surface area contributed by atoms with E-state index in [1.165, 1.54) is 0 Å². The van der Waals surface area contributed by atoms with Gasteiger partial charge in [-0.25, -0.2) is 0 Å². The van der Waals surface area contributed by atoms with E-state index in [9.17, 15) is 9.59 Å². The van der Waals surface area contributed by atoms with Crippen molar-refractivity contribution in [3.63, 3.8) is 0 Å². The highest BCUT2D eigenvalue weighted by molar-refractivity contribution is 6.00. The topological polar surface area (TPSA) is 67.2 Å². The maximum Gasteiger partial charge on any atom is 0.251 e. The van der Waals surface area contributed by atoms with Gasteiger partial charge in [-0.2, -0.15) is 5.10 Å². The van der Waals surface area contributed by atoms with Crippen molar-refractivity contribution in [2.75, 3.05) is 13.6 Å². The van der Waals surface area contributed by atoms with Crippen LogP contribution in [-0.2, 0) is 11.8 Å². The zero-order chi connectivity index (χ0) is 19.1. The molecule has 0 bridgehead atoms. The maximum atomic E-state index is 12.7. The fourth-order valence-electron chi connectivity index (χ4n) is 3.69. The first kappa shape index (κ1) is 17.3. The quantitative estimate of drug-likeness (QED) is 0.778. The summed E-state index contributed by atoms with van der Waals surface area (Å²) < 4.78 is 1.86. The normalized spacial score (nSPS) is 16.9. The molecule has 1 aliphatic rings. The lowest BCUT2D eigenvalue weighted by molar-refractivity contribution is -0.128. The molecule has 138 valence electrons. The summed E-state index contributed by atoms with van der Waals surface area (Å²) >= 11 is 0. The third-order valence-electron chi connectivity index (χ3n) is 5.22. The summed E-state index contributed by atoms with van der Waals surface area (Å²) in [6.45, 7) is 2.73. The van der Waals surface area contributed by atoms with E-state index in [4.69, 9.17) is 0 Å². The van der Waals surface area contributed by atoms with E-state index in [-0.39, 0.29) is 11.8 Å². The van der Waals surface area contributed by atoms with Gasteiger partial charge in [0.05, 0.1) is 5.52 Å². The van der Waals surface area contributed by atoms with Gasteiger partial charge in [0.15, 0.2) is 0 Å². The Balaban J connectivity index is 1.68. The largest absolute Gasteiger partial charge is 0.344 e. The third kappa shape index (κ3) is 2.97. The van der Waals surface area contributed by atoms with Crippen LogP contribution in [0.25, 0.3) is 22.2 Å². The van der Waals surface area contributed by atoms with E-state index in [1.54, 1.807) is 18.0 Å². The summed E-state index contributed by atoms with van der Waals surface area (Å²) in [5.41, 5.74) is 4.47. The fourth-order valence-corrected chi connectivity index (χ4v) is 3.69. The standard InChI is InChI=1S/C21H22N4O2/c1-13-6-4-9-17-18(13)19(23-25(17)3)14-7-5-8-15(12-14)20(26)22-16-10-11-24(2)21(16)27/h4-9,12,16H,10-11H2,1-3H3,(H,22,26)/t16-/m0/s1. The zero-order valence-electron chi connectivity index (χ0n) is 15.7. The number of rotatable bonds is 3. The number of carbonyl (C=O) groups excluding carboxylic acids is 2. The number of amides is 2. The van der Waals surface area contributed by atoms with Crippen LogP contribution in [0.4, 0.5) is 0 Å². The molecule has 0 unspecified atom stereocenters. The summed E-state index contributed by atoms with van der Waals surface area (Å²) in [5.74, 6) is -0.270. The van der Waals surface area contributed by atoms with Gasteiger partial charge in [-0.3, -0.25) is 14.3 Å². The SMILES string of the molecule is Cc1cccc2c1c(-c1cccc(C(=O)N[C@H]3CCN(C)C3=O)c1)nn2C. The Hall–Kier alpha value is -3.15. The van der Waals surface area contributed by atoms with E-state index in [0.29, 0.717) is 18.5 Å². The molecule has 1 N–H and O–H groups in total. The molecule has 6 heteroatoms. The molecular formula is C21H22N4O2. The smallest absolute Gasteiger partial charge is 0.251 e. The van der Waals surface area contributed by atoms with Gasteiger partial charge in [0.25, 0.3) is 5.91 Å². The van der Waals surface area contributed by atoms with Crippen molar-refractivity contribution in [1.82, 2.24) is 20.0 Å². The van der Waals surface area contributed by atoms with Crippen LogP contribution in [-0.4, -0.2) is 46.1 Å². The Morgan fingerprint density at radius 3 is 2.70 bits per heavy atom. The van der Waals surface area contributed by atoms with Crippen molar-refractivity contribution < 1.29 is 9.59 Å². The average Bonchev–Trinajstić information content (AvgIpc) is 3.17. The summed E-state index contributed by atoms with van der Waals surface area (Å²) in [7, 11) is 3.67. The molecule has 0 aliphatic carbocycles. The Morgan fingerprint density at radius 2 is 1.96 bits per heavy atom. The van der Waals surface area contributed by atoms with Crippen LogP contribution in [0.5, 0.6) is 0 Å². The van der Waals surface area contributed by atoms with Crippen LogP contribution in [0.1, 0.15) is 22.3 Å². The van der Waals surface area contributed by atoms with Crippen molar-refractivity contribution in [1.29, 1.82) is 0 Å². The molecule has 1 atom stereocenters. The molecule has 3 aromatic rings. The number of aromatic nitrogens is 2. The minimum Gasteiger partial charge on any atom is -0.344 e. The lowest BCUT2D eigenvalue weighted by atomic mass is 10.0. The molecule has 1 aliphatic heterocycles. The average molecular weight is 362 g/mol. The molecule has 0 radical (unpaired) electrons. The second kappa shape index (κ2) is 6.54. The van der Waals surface area contributed by atoms with E-state index in [1.807, 2.05) is 42.1 Å². The number of nitrogens with zero attached hydrogens (tertiary/aromatic N) is 3. The highest BCUT2D eigenvalue weighted by Gasteiger charge is 2.30. The first-order valence-electron chi connectivity index (χ1n) is 9.04. The Morgan fingerprint density at radius 1 is 1.19 bits per heavy atom. The molecule has 0 saturated carbocycles. The molecule has 4 rings (SSSR count). The Bertz CT molecular complexity index is 1050. The second-order valence-electron chi connectivity index (χ2n) is 7.10. The molecule has 0 spiro atoms. The monoisotopic (exact) mass is 362 g/mol. The highest BCUT2D eigenvalue weighted by Crippen LogP contribution is 2.30. The van der Waals surface area contributed by atoms with Crippen LogP contribution in [0.15, 0.2) is 42.5 Å². The molecule has 1 saturated heterocycles. The summed E-state index contributed by atoms with van der Waals surface area (Å²) in [6.07, 6.45) is 0.644. The molecule has 1 aromatic heterocycles. The van der Waals surface area contributed by atoms with Gasteiger partial charge in [-0.05, 0) is 37.1 Å². The number of hydrogen-bond acceptors (Lipinski definition) is 3. The molecular weight excluding hydrogens is 340 g/mol. The van der Waals surface area contributed by atoms with Gasteiger partial charge in [0.2, 0.25) is 5.91 Å². The zero-order valence-corrected chi connectivity index (χ0v) is 15.7. The van der Waals surface area contributed by atoms with Crippen LogP contribution in [0, 0.1) is 6.92 Å². The van der Waals surface area contributed by atoms with Crippen molar-refractivity contribution in [2.45, 2.75) is 19.4 Å². The number of benzene rings is 2. The van der Waals surface area contributed by atoms with Crippen LogP contribution >= 0.6 is 0 Å². The van der Waals surface area contributed by atoms with Crippen molar-refractivity contribution >= 4 is 22.7 Å². The molecule has 6 nitrogen and oxygen atoms in total. The predicted octanol–water partition coefficient (Wildman–Crippen LogP) is 2.51. The van der Waals surface area contributed by atoms with Gasteiger partial charge in [-0.1, -0.05) is 24.3 Å². The van der Waals surface area contributed by atoms with Crippen molar-refractivity contribution in [3.05, 3.63) is 53.6 Å². The van der Waals surface area contributed by atoms with Gasteiger partial charge in [0.1, 0.15) is 11.7 Å². The lowest BCUT2D eigenvalue weighted by Gasteiger charge is -2.12. The molecule has 2 amide bonds. The second-order valence-corrected chi connectivity index (χ2v) is 7.10. The molecule has 2 aromatic carbocycles. The lowest BCUT2D eigenvalue weighted by Crippen LogP contribution is -2.40. The fraction of sp³-hybridized carbons (Fsp3) is 0.286. The molecule has 27 heavy (non-hydrogen) atoms. The first-order valence-corrected chi connectivity index (χ1v) is 9.04. The van der Waals surface area contributed by atoms with Gasteiger partial charge in [-0.15, -0.1) is 0 Å². The van der Waals surface area contributed by atoms with Crippen LogP contribution in [0.2, 0.25) is 0 Å². The number of likely N-dealkylation sites (N-methyl/N-ethyl adjacent to an activating group) is 1. The number of carbonyl (C=O) groups is 2. The summed E-state index contributed by atoms with van der Waals surface area (Å²) in [5, 5.41) is 8.61. The predicted molar refractivity (Wildman–Crippen MR) is 104 cm³/mol. The first-order chi connectivity index (χ1) is 13.0. The number of nitrogens with one attached hydrogen (secondary N) is 1. The number of aryl methyl sites for hydroxylation is 2. The van der Waals surface area contributed by atoms with Crippen LogP contribution < -0.4 is 5.32 Å². The summed E-state index contributed by atoms with van der Waals surface area (Å²) in [4.78, 5) is 26.4. The Labute approximate surface area is 157 Å². The van der Waals surface area contributed by atoms with Gasteiger partial charge < -0.3 is 10.2 Å². The number of fused-ring (bicyclic) bond motifs is 1. The minimum atomic E-state index is -0.441. The number of hydrogen-bond donors (Lipinski definition) is 1. The van der Waals surface area contributed by atoms with Gasteiger partial charge >= 0.3 is 0 Å². The highest BCUT2D eigenvalue weighted by atomic mass is 16.2.